The van der Waals surface area contributed by atoms with Gasteiger partial charge in [-0.25, -0.2) is 14.0 Å². The van der Waals surface area contributed by atoms with Crippen LogP contribution in [0.25, 0.3) is 6.08 Å². The molecule has 0 atom stereocenters. The Bertz CT molecular complexity index is 1320. The van der Waals surface area contributed by atoms with Crippen LogP contribution in [0.1, 0.15) is 34.3 Å². The first-order valence-electron chi connectivity index (χ1n) is 11.5. The second-order valence-corrected chi connectivity index (χ2v) is 7.92. The number of esters is 2. The van der Waals surface area contributed by atoms with Crippen LogP contribution >= 0.6 is 0 Å². The number of carbonyl (C=O) groups is 2. The number of hydrogen-bond donors (Lipinski definition) is 2. The minimum absolute atomic E-state index is 0.00135. The molecule has 4 N–H and O–H groups in total. The third kappa shape index (κ3) is 8.40. The molecule has 0 aliphatic rings. The molecule has 0 fully saturated rings. The molecule has 0 radical (unpaired) electrons. The normalized spacial score (nSPS) is 10.6. The van der Waals surface area contributed by atoms with Gasteiger partial charge in [0, 0.05) is 30.3 Å². The molecule has 0 aromatic heterocycles. The summed E-state index contributed by atoms with van der Waals surface area (Å²) in [7, 11) is 0. The maximum absolute atomic E-state index is 14.2. The number of halogens is 1. The molecule has 190 valence electrons. The summed E-state index contributed by atoms with van der Waals surface area (Å²) in [6, 6.07) is 17.4. The first kappa shape index (κ1) is 26.8. The Morgan fingerprint density at radius 3 is 2.49 bits per heavy atom. The van der Waals surface area contributed by atoms with Crippen molar-refractivity contribution in [3.63, 3.8) is 0 Å². The van der Waals surface area contributed by atoms with Crippen molar-refractivity contribution >= 4 is 29.4 Å². The molecule has 3 rings (SSSR count). The number of benzene rings is 3. The minimum Gasteiger partial charge on any atom is -0.490 e. The number of nitrogen functional groups attached to an aromatic ring is 2. The molecule has 37 heavy (non-hydrogen) atoms. The van der Waals surface area contributed by atoms with Gasteiger partial charge in [-0.3, -0.25) is 0 Å². The number of nitriles is 1. The molecule has 0 saturated heterocycles. The summed E-state index contributed by atoms with van der Waals surface area (Å²) in [5.41, 5.74) is 14.2. The summed E-state index contributed by atoms with van der Waals surface area (Å²) in [5, 5.41) is 8.52. The quantitative estimate of drug-likeness (QED) is 0.126. The van der Waals surface area contributed by atoms with Gasteiger partial charge < -0.3 is 25.7 Å². The smallest absolute Gasteiger partial charge is 0.343 e. The van der Waals surface area contributed by atoms with E-state index in [1.807, 2.05) is 6.07 Å². The molecule has 0 aliphatic carbocycles. The van der Waals surface area contributed by atoms with Crippen LogP contribution in [0.3, 0.4) is 0 Å². The van der Waals surface area contributed by atoms with Crippen LogP contribution in [0.15, 0.2) is 66.7 Å². The molecule has 3 aromatic carbocycles. The summed E-state index contributed by atoms with van der Waals surface area (Å²) in [5.74, 6) is -1.69. The van der Waals surface area contributed by atoms with Crippen LogP contribution in [-0.2, 0) is 16.0 Å². The number of nitrogens with zero attached hydrogens (tertiary/aromatic N) is 1. The van der Waals surface area contributed by atoms with Crippen molar-refractivity contribution < 1.29 is 28.2 Å². The van der Waals surface area contributed by atoms with E-state index >= 15 is 0 Å². The van der Waals surface area contributed by atoms with Gasteiger partial charge in [0.1, 0.15) is 5.75 Å². The van der Waals surface area contributed by atoms with E-state index in [0.717, 1.165) is 11.6 Å². The highest BCUT2D eigenvalue weighted by atomic mass is 19.1. The fraction of sp³-hybridized carbons (Fsp3) is 0.179. The maximum atomic E-state index is 14.2. The summed E-state index contributed by atoms with van der Waals surface area (Å²) >= 11 is 0. The average Bonchev–Trinajstić information content (AvgIpc) is 2.88. The lowest BCUT2D eigenvalue weighted by molar-refractivity contribution is -0.137. The highest BCUT2D eigenvalue weighted by Crippen LogP contribution is 2.21. The molecule has 0 spiro atoms. The zero-order valence-corrected chi connectivity index (χ0v) is 20.0. The van der Waals surface area contributed by atoms with Gasteiger partial charge in [0.2, 0.25) is 0 Å². The van der Waals surface area contributed by atoms with Crippen molar-refractivity contribution in [2.24, 2.45) is 0 Å². The van der Waals surface area contributed by atoms with Crippen molar-refractivity contribution in [2.75, 3.05) is 24.7 Å². The standard InChI is InChI=1S/C28H26FN3O5/c29-24-17-21(7-11-26(24)35-15-2-1-14-30)28(34)37-23-9-3-19(4-10-23)5-12-27(33)36-16-13-20-6-8-22(31)18-25(20)32/h3-12,17-18H,1-2,13,15-16,31-32H2. The average molecular weight is 504 g/mol. The van der Waals surface area contributed by atoms with Crippen LogP contribution < -0.4 is 20.9 Å². The van der Waals surface area contributed by atoms with E-state index in [1.165, 1.54) is 18.2 Å². The van der Waals surface area contributed by atoms with Gasteiger partial charge in [-0.05, 0) is 66.1 Å². The molecule has 9 heteroatoms. The van der Waals surface area contributed by atoms with Crippen LogP contribution in [0.4, 0.5) is 15.8 Å². The van der Waals surface area contributed by atoms with E-state index < -0.39 is 17.8 Å². The largest absolute Gasteiger partial charge is 0.490 e. The second-order valence-electron chi connectivity index (χ2n) is 7.92. The minimum atomic E-state index is -0.733. The predicted octanol–water partition coefficient (Wildman–Crippen LogP) is 4.69. The Morgan fingerprint density at radius 2 is 1.78 bits per heavy atom. The molecule has 0 heterocycles. The zero-order valence-electron chi connectivity index (χ0n) is 20.0. The van der Waals surface area contributed by atoms with Gasteiger partial charge in [-0.15, -0.1) is 0 Å². The topological polar surface area (TPSA) is 138 Å². The molecular weight excluding hydrogens is 477 g/mol. The lowest BCUT2D eigenvalue weighted by Crippen LogP contribution is -2.09. The third-order valence-electron chi connectivity index (χ3n) is 5.15. The Kier molecular flexibility index (Phi) is 9.62. The van der Waals surface area contributed by atoms with Crippen LogP contribution in [-0.4, -0.2) is 25.2 Å². The number of hydrogen-bond acceptors (Lipinski definition) is 8. The van der Waals surface area contributed by atoms with E-state index in [0.29, 0.717) is 36.2 Å². The molecule has 3 aromatic rings. The van der Waals surface area contributed by atoms with Crippen molar-refractivity contribution in [1.29, 1.82) is 5.26 Å². The van der Waals surface area contributed by atoms with Gasteiger partial charge in [-0.1, -0.05) is 18.2 Å². The Balaban J connectivity index is 1.47. The van der Waals surface area contributed by atoms with Gasteiger partial charge >= 0.3 is 11.9 Å². The number of unbranched alkanes of at least 4 members (excludes halogenated alkanes) is 1. The van der Waals surface area contributed by atoms with E-state index in [4.69, 9.17) is 30.9 Å². The fourth-order valence-electron chi connectivity index (χ4n) is 3.21. The van der Waals surface area contributed by atoms with Crippen LogP contribution in [0.5, 0.6) is 11.5 Å². The summed E-state index contributed by atoms with van der Waals surface area (Å²) in [6.45, 7) is 0.368. The number of carbonyl (C=O) groups excluding carboxylic acids is 2. The SMILES string of the molecule is N#CCCCOc1ccc(C(=O)Oc2ccc(C=CC(=O)OCCc3ccc(N)cc3N)cc2)cc1F. The van der Waals surface area contributed by atoms with Crippen molar-refractivity contribution in [2.45, 2.75) is 19.3 Å². The Labute approximate surface area is 213 Å². The van der Waals surface area contributed by atoms with Gasteiger partial charge in [0.15, 0.2) is 11.6 Å². The molecule has 8 nitrogen and oxygen atoms in total. The van der Waals surface area contributed by atoms with Crippen LogP contribution in [0, 0.1) is 17.1 Å². The number of anilines is 2. The van der Waals surface area contributed by atoms with Crippen molar-refractivity contribution in [3.05, 3.63) is 89.2 Å². The number of nitrogens with two attached hydrogens (primary N) is 2. The molecule has 0 saturated carbocycles. The van der Waals surface area contributed by atoms with E-state index in [9.17, 15) is 14.0 Å². The van der Waals surface area contributed by atoms with Gasteiger partial charge in [0.25, 0.3) is 0 Å². The third-order valence-corrected chi connectivity index (χ3v) is 5.15. The summed E-state index contributed by atoms with van der Waals surface area (Å²) < 4.78 is 30.0. The highest BCUT2D eigenvalue weighted by Gasteiger charge is 2.13. The Morgan fingerprint density at radius 1 is 1.00 bits per heavy atom. The highest BCUT2D eigenvalue weighted by molar-refractivity contribution is 5.91. The van der Waals surface area contributed by atoms with E-state index in [1.54, 1.807) is 48.5 Å². The van der Waals surface area contributed by atoms with Crippen molar-refractivity contribution in [3.8, 4) is 17.6 Å². The molecule has 0 aliphatic heterocycles. The van der Waals surface area contributed by atoms with Gasteiger partial charge in [-0.2, -0.15) is 5.26 Å². The van der Waals surface area contributed by atoms with Gasteiger partial charge in [0.05, 0.1) is 24.8 Å². The van der Waals surface area contributed by atoms with Crippen molar-refractivity contribution in [1.82, 2.24) is 0 Å². The Hall–Kier alpha value is -4.84. The lowest BCUT2D eigenvalue weighted by Gasteiger charge is -2.08. The lowest BCUT2D eigenvalue weighted by atomic mass is 10.1. The monoisotopic (exact) mass is 503 g/mol. The van der Waals surface area contributed by atoms with E-state index in [2.05, 4.69) is 0 Å². The maximum Gasteiger partial charge on any atom is 0.343 e. The molecular formula is C28H26FN3O5. The molecule has 0 amide bonds. The van der Waals surface area contributed by atoms with E-state index in [-0.39, 0.29) is 30.3 Å². The van der Waals surface area contributed by atoms with Crippen LogP contribution in [0.2, 0.25) is 0 Å². The molecule has 0 bridgehead atoms. The number of ether oxygens (including phenoxy) is 3. The predicted molar refractivity (Wildman–Crippen MR) is 137 cm³/mol. The fourth-order valence-corrected chi connectivity index (χ4v) is 3.21. The molecule has 0 unspecified atom stereocenters. The number of rotatable bonds is 11. The second kappa shape index (κ2) is 13.3. The summed E-state index contributed by atoms with van der Waals surface area (Å²) in [6.07, 6.45) is 4.11. The first-order chi connectivity index (χ1) is 17.9. The first-order valence-corrected chi connectivity index (χ1v) is 11.5. The summed E-state index contributed by atoms with van der Waals surface area (Å²) in [4.78, 5) is 24.3. The zero-order chi connectivity index (χ0) is 26.6.